The Labute approximate surface area is 131 Å². The molecule has 2 rings (SSSR count). The third kappa shape index (κ3) is 6.22. The number of nitrogens with one attached hydrogen (secondary N) is 1. The molecular weight excluding hydrogens is 254 g/mol. The van der Waals surface area contributed by atoms with Crippen LogP contribution in [0, 0.1) is 11.8 Å². The Hall–Kier alpha value is -0.820. The van der Waals surface area contributed by atoms with Gasteiger partial charge in [-0.3, -0.25) is 0 Å². The molecule has 0 heterocycles. The molecule has 0 bridgehead atoms. The Bertz CT molecular complexity index is 365. The van der Waals surface area contributed by atoms with Crippen molar-refractivity contribution in [2.75, 3.05) is 13.1 Å². The summed E-state index contributed by atoms with van der Waals surface area (Å²) in [5.41, 5.74) is 1.52. The van der Waals surface area contributed by atoms with E-state index in [-0.39, 0.29) is 0 Å². The normalized spacial score (nSPS) is 18.0. The van der Waals surface area contributed by atoms with E-state index in [0.717, 1.165) is 24.9 Å². The zero-order valence-electron chi connectivity index (χ0n) is 14.0. The van der Waals surface area contributed by atoms with Crippen LogP contribution in [0.2, 0.25) is 0 Å². The molecule has 0 radical (unpaired) electrons. The molecule has 1 aromatic rings. The molecular formula is C20H33N. The molecule has 0 aliphatic heterocycles. The van der Waals surface area contributed by atoms with E-state index in [9.17, 15) is 0 Å². The molecule has 1 aliphatic rings. The van der Waals surface area contributed by atoms with Crippen LogP contribution in [0.5, 0.6) is 0 Å². The predicted octanol–water partition coefficient (Wildman–Crippen LogP) is 5.38. The van der Waals surface area contributed by atoms with Gasteiger partial charge in [0, 0.05) is 6.54 Å². The molecule has 1 N–H and O–H groups in total. The standard InChI is InChI=1S/C20H33N/c1-17(2)15-21-16-20(19-11-7-4-8-12-19)14-13-18-9-5-3-6-10-18/h4,7-8,11-12,17-18,20-21H,3,5-6,9-10,13-16H2,1-2H3. The van der Waals surface area contributed by atoms with Crippen LogP contribution in [0.15, 0.2) is 30.3 Å². The lowest BCUT2D eigenvalue weighted by atomic mass is 9.83. The zero-order chi connectivity index (χ0) is 14.9. The first-order valence-corrected chi connectivity index (χ1v) is 9.01. The van der Waals surface area contributed by atoms with Crippen LogP contribution in [-0.4, -0.2) is 13.1 Å². The van der Waals surface area contributed by atoms with Gasteiger partial charge in [0.25, 0.3) is 0 Å². The summed E-state index contributed by atoms with van der Waals surface area (Å²) < 4.78 is 0. The highest BCUT2D eigenvalue weighted by Gasteiger charge is 2.17. The second-order valence-electron chi connectivity index (χ2n) is 7.24. The van der Waals surface area contributed by atoms with Gasteiger partial charge in [0.2, 0.25) is 0 Å². The van der Waals surface area contributed by atoms with Crippen molar-refractivity contribution in [3.63, 3.8) is 0 Å². The molecule has 0 spiro atoms. The quantitative estimate of drug-likeness (QED) is 0.677. The molecule has 118 valence electrons. The van der Waals surface area contributed by atoms with E-state index in [0.29, 0.717) is 5.92 Å². The largest absolute Gasteiger partial charge is 0.316 e. The van der Waals surface area contributed by atoms with Crippen molar-refractivity contribution in [1.82, 2.24) is 5.32 Å². The van der Waals surface area contributed by atoms with E-state index in [2.05, 4.69) is 49.5 Å². The smallest absolute Gasteiger partial charge is 0.00202 e. The van der Waals surface area contributed by atoms with E-state index < -0.39 is 0 Å². The predicted molar refractivity (Wildman–Crippen MR) is 92.7 cm³/mol. The molecule has 1 nitrogen and oxygen atoms in total. The highest BCUT2D eigenvalue weighted by molar-refractivity contribution is 5.19. The molecule has 1 heteroatoms. The second kappa shape index (κ2) is 9.25. The molecule has 0 saturated heterocycles. The zero-order valence-corrected chi connectivity index (χ0v) is 14.0. The summed E-state index contributed by atoms with van der Waals surface area (Å²) in [5.74, 6) is 2.42. The highest BCUT2D eigenvalue weighted by atomic mass is 14.9. The van der Waals surface area contributed by atoms with Gasteiger partial charge in [0.15, 0.2) is 0 Å². The van der Waals surface area contributed by atoms with Crippen molar-refractivity contribution in [3.05, 3.63) is 35.9 Å². The molecule has 1 aromatic carbocycles. The third-order valence-corrected chi connectivity index (χ3v) is 4.86. The fraction of sp³-hybridized carbons (Fsp3) is 0.700. The molecule has 0 amide bonds. The fourth-order valence-electron chi connectivity index (χ4n) is 3.57. The summed E-state index contributed by atoms with van der Waals surface area (Å²) in [6.45, 7) is 6.83. The first-order valence-electron chi connectivity index (χ1n) is 9.01. The van der Waals surface area contributed by atoms with Gasteiger partial charge in [0.05, 0.1) is 0 Å². The Kier molecular flexibility index (Phi) is 7.29. The van der Waals surface area contributed by atoms with Crippen LogP contribution in [0.3, 0.4) is 0 Å². The minimum absolute atomic E-state index is 0.687. The van der Waals surface area contributed by atoms with E-state index in [1.54, 1.807) is 0 Å². The molecule has 0 aromatic heterocycles. The lowest BCUT2D eigenvalue weighted by Crippen LogP contribution is -2.26. The van der Waals surface area contributed by atoms with Crippen molar-refractivity contribution < 1.29 is 0 Å². The van der Waals surface area contributed by atoms with E-state index in [1.165, 1.54) is 50.5 Å². The summed E-state index contributed by atoms with van der Waals surface area (Å²) in [6, 6.07) is 11.1. The lowest BCUT2D eigenvalue weighted by Gasteiger charge is -2.25. The highest BCUT2D eigenvalue weighted by Crippen LogP contribution is 2.31. The molecule has 1 atom stereocenters. The Balaban J connectivity index is 1.85. The van der Waals surface area contributed by atoms with Crippen molar-refractivity contribution in [1.29, 1.82) is 0 Å². The van der Waals surface area contributed by atoms with Gasteiger partial charge < -0.3 is 5.32 Å². The topological polar surface area (TPSA) is 12.0 Å². The van der Waals surface area contributed by atoms with Crippen LogP contribution >= 0.6 is 0 Å². The maximum absolute atomic E-state index is 3.67. The summed E-state index contributed by atoms with van der Waals surface area (Å²) >= 11 is 0. The van der Waals surface area contributed by atoms with Crippen LogP contribution in [0.4, 0.5) is 0 Å². The van der Waals surface area contributed by atoms with Crippen LogP contribution in [0.1, 0.15) is 70.3 Å². The molecule has 21 heavy (non-hydrogen) atoms. The number of hydrogen-bond acceptors (Lipinski definition) is 1. The SMILES string of the molecule is CC(C)CNCC(CCC1CCCCC1)c1ccccc1. The second-order valence-corrected chi connectivity index (χ2v) is 7.24. The summed E-state index contributed by atoms with van der Waals surface area (Å²) in [5, 5.41) is 3.67. The molecule has 1 unspecified atom stereocenters. The summed E-state index contributed by atoms with van der Waals surface area (Å²) in [4.78, 5) is 0. The minimum atomic E-state index is 0.687. The third-order valence-electron chi connectivity index (χ3n) is 4.86. The van der Waals surface area contributed by atoms with Gasteiger partial charge in [-0.05, 0) is 42.7 Å². The van der Waals surface area contributed by atoms with Gasteiger partial charge in [-0.25, -0.2) is 0 Å². The van der Waals surface area contributed by atoms with Gasteiger partial charge in [-0.2, -0.15) is 0 Å². The van der Waals surface area contributed by atoms with E-state index in [1.807, 2.05) is 0 Å². The van der Waals surface area contributed by atoms with E-state index >= 15 is 0 Å². The van der Waals surface area contributed by atoms with Crippen LogP contribution < -0.4 is 5.32 Å². The maximum Gasteiger partial charge on any atom is 0.00202 e. The molecule has 1 aliphatic carbocycles. The average molecular weight is 287 g/mol. The van der Waals surface area contributed by atoms with Gasteiger partial charge in [-0.1, -0.05) is 76.3 Å². The average Bonchev–Trinajstić information content (AvgIpc) is 2.52. The lowest BCUT2D eigenvalue weighted by molar-refractivity contribution is 0.320. The van der Waals surface area contributed by atoms with Crippen molar-refractivity contribution in [3.8, 4) is 0 Å². The minimum Gasteiger partial charge on any atom is -0.316 e. The fourth-order valence-corrected chi connectivity index (χ4v) is 3.57. The Morgan fingerprint density at radius 3 is 2.38 bits per heavy atom. The first-order chi connectivity index (χ1) is 10.3. The van der Waals surface area contributed by atoms with Gasteiger partial charge >= 0.3 is 0 Å². The van der Waals surface area contributed by atoms with Gasteiger partial charge in [-0.15, -0.1) is 0 Å². The molecule has 1 saturated carbocycles. The number of benzene rings is 1. The summed E-state index contributed by atoms with van der Waals surface area (Å²) in [6.07, 6.45) is 10.1. The molecule has 1 fully saturated rings. The van der Waals surface area contributed by atoms with Gasteiger partial charge in [0.1, 0.15) is 0 Å². The van der Waals surface area contributed by atoms with Crippen LogP contribution in [0.25, 0.3) is 0 Å². The van der Waals surface area contributed by atoms with Crippen molar-refractivity contribution in [2.24, 2.45) is 11.8 Å². The Morgan fingerprint density at radius 1 is 1.00 bits per heavy atom. The summed E-state index contributed by atoms with van der Waals surface area (Å²) in [7, 11) is 0. The number of rotatable bonds is 8. The first kappa shape index (κ1) is 16.5. The Morgan fingerprint density at radius 2 is 1.71 bits per heavy atom. The number of hydrogen-bond donors (Lipinski definition) is 1. The van der Waals surface area contributed by atoms with Crippen molar-refractivity contribution >= 4 is 0 Å². The van der Waals surface area contributed by atoms with Crippen LogP contribution in [-0.2, 0) is 0 Å². The van der Waals surface area contributed by atoms with Crippen molar-refractivity contribution in [2.45, 2.75) is 64.7 Å². The van der Waals surface area contributed by atoms with E-state index in [4.69, 9.17) is 0 Å². The maximum atomic E-state index is 3.67. The monoisotopic (exact) mass is 287 g/mol.